The third-order valence-corrected chi connectivity index (χ3v) is 3.70. The van der Waals surface area contributed by atoms with Gasteiger partial charge in [-0.2, -0.15) is 5.10 Å². The van der Waals surface area contributed by atoms with E-state index in [9.17, 15) is 0 Å². The van der Waals surface area contributed by atoms with Crippen LogP contribution >= 0.6 is 31.9 Å². The summed E-state index contributed by atoms with van der Waals surface area (Å²) < 4.78 is 3.95. The van der Waals surface area contributed by atoms with Crippen molar-refractivity contribution in [1.82, 2.24) is 9.78 Å². The van der Waals surface area contributed by atoms with Crippen molar-refractivity contribution in [1.29, 1.82) is 0 Å². The van der Waals surface area contributed by atoms with Crippen LogP contribution in [0.15, 0.2) is 33.3 Å². The lowest BCUT2D eigenvalue weighted by Gasteiger charge is -2.08. The molecule has 1 N–H and O–H groups in total. The van der Waals surface area contributed by atoms with Gasteiger partial charge in [0.1, 0.15) is 0 Å². The number of aryl methyl sites for hydroxylation is 2. The van der Waals surface area contributed by atoms with E-state index in [0.29, 0.717) is 0 Å². The van der Waals surface area contributed by atoms with Crippen molar-refractivity contribution in [3.8, 4) is 0 Å². The largest absolute Gasteiger partial charge is 0.380 e. The second-order valence-electron chi connectivity index (χ2n) is 3.89. The Balaban J connectivity index is 2.12. The first-order chi connectivity index (χ1) is 8.06. The second kappa shape index (κ2) is 5.23. The summed E-state index contributed by atoms with van der Waals surface area (Å²) in [6.07, 6.45) is 2.04. The number of hydrogen-bond donors (Lipinski definition) is 1. The average Bonchev–Trinajstić information content (AvgIpc) is 2.59. The predicted molar refractivity (Wildman–Crippen MR) is 77.1 cm³/mol. The summed E-state index contributed by atoms with van der Waals surface area (Å²) in [4.78, 5) is 0. The van der Waals surface area contributed by atoms with Crippen molar-refractivity contribution >= 4 is 37.5 Å². The van der Waals surface area contributed by atoms with Gasteiger partial charge in [-0.05, 0) is 41.1 Å². The van der Waals surface area contributed by atoms with Crippen LogP contribution in [0.2, 0.25) is 0 Å². The lowest BCUT2D eigenvalue weighted by Crippen LogP contribution is -2.00. The molecule has 0 aliphatic heterocycles. The van der Waals surface area contributed by atoms with Gasteiger partial charge < -0.3 is 5.32 Å². The molecule has 1 heterocycles. The van der Waals surface area contributed by atoms with Crippen molar-refractivity contribution in [2.45, 2.75) is 13.5 Å². The molecular weight excluding hydrogens is 346 g/mol. The third-order valence-electron chi connectivity index (χ3n) is 2.51. The number of aromatic nitrogens is 2. The van der Waals surface area contributed by atoms with Gasteiger partial charge in [0.15, 0.2) is 0 Å². The molecule has 0 amide bonds. The van der Waals surface area contributed by atoms with E-state index in [1.54, 1.807) is 0 Å². The number of halogens is 2. The molecule has 0 atom stereocenters. The summed E-state index contributed by atoms with van der Waals surface area (Å²) in [7, 11) is 1.94. The molecule has 3 nitrogen and oxygen atoms in total. The van der Waals surface area contributed by atoms with Crippen molar-refractivity contribution in [3.63, 3.8) is 0 Å². The van der Waals surface area contributed by atoms with Crippen molar-refractivity contribution < 1.29 is 0 Å². The number of benzene rings is 1. The molecule has 0 saturated heterocycles. The summed E-state index contributed by atoms with van der Waals surface area (Å²) in [6, 6.07) is 6.07. The normalized spacial score (nSPS) is 10.6. The molecule has 2 aromatic rings. The molecule has 1 aromatic heterocycles. The summed E-state index contributed by atoms with van der Waals surface area (Å²) in [5.74, 6) is 0. The molecule has 0 aliphatic rings. The smallest absolute Gasteiger partial charge is 0.0643 e. The van der Waals surface area contributed by atoms with Gasteiger partial charge in [-0.3, -0.25) is 4.68 Å². The highest BCUT2D eigenvalue weighted by atomic mass is 79.9. The van der Waals surface area contributed by atoms with Crippen LogP contribution in [0.1, 0.15) is 11.3 Å². The zero-order valence-corrected chi connectivity index (χ0v) is 12.8. The van der Waals surface area contributed by atoms with Crippen LogP contribution in [-0.4, -0.2) is 9.78 Å². The SMILES string of the molecule is Cc1nn(C)cc1CNc1cc(Br)ccc1Br. The molecule has 2 rings (SSSR count). The van der Waals surface area contributed by atoms with Crippen molar-refractivity contribution in [3.05, 3.63) is 44.6 Å². The zero-order chi connectivity index (χ0) is 12.4. The van der Waals surface area contributed by atoms with Crippen molar-refractivity contribution in [2.24, 2.45) is 7.05 Å². The Morgan fingerprint density at radius 1 is 1.35 bits per heavy atom. The highest BCUT2D eigenvalue weighted by molar-refractivity contribution is 9.11. The Hall–Kier alpha value is -0.810. The fourth-order valence-electron chi connectivity index (χ4n) is 1.65. The highest BCUT2D eigenvalue weighted by Gasteiger charge is 2.04. The molecule has 1 aromatic carbocycles. The monoisotopic (exact) mass is 357 g/mol. The van der Waals surface area contributed by atoms with E-state index < -0.39 is 0 Å². The summed E-state index contributed by atoms with van der Waals surface area (Å²) in [5, 5.41) is 7.71. The van der Waals surface area contributed by atoms with Crippen LogP contribution in [-0.2, 0) is 13.6 Å². The van der Waals surface area contributed by atoms with E-state index in [1.807, 2.05) is 37.0 Å². The molecule has 0 bridgehead atoms. The van der Waals surface area contributed by atoms with Crippen LogP contribution in [0.4, 0.5) is 5.69 Å². The van der Waals surface area contributed by atoms with Crippen LogP contribution < -0.4 is 5.32 Å². The van der Waals surface area contributed by atoms with Crippen molar-refractivity contribution in [2.75, 3.05) is 5.32 Å². The van der Waals surface area contributed by atoms with E-state index in [-0.39, 0.29) is 0 Å². The Kier molecular flexibility index (Phi) is 3.89. The van der Waals surface area contributed by atoms with E-state index in [2.05, 4.69) is 48.3 Å². The third kappa shape index (κ3) is 3.10. The lowest BCUT2D eigenvalue weighted by atomic mass is 10.2. The molecule has 90 valence electrons. The number of nitrogens with one attached hydrogen (secondary N) is 1. The molecular formula is C12H13Br2N3. The van der Waals surface area contributed by atoms with E-state index in [1.165, 1.54) is 5.56 Å². The van der Waals surface area contributed by atoms with Gasteiger partial charge in [0, 0.05) is 40.0 Å². The number of hydrogen-bond acceptors (Lipinski definition) is 2. The van der Waals surface area contributed by atoms with E-state index in [4.69, 9.17) is 0 Å². The zero-order valence-electron chi connectivity index (χ0n) is 9.67. The second-order valence-corrected chi connectivity index (χ2v) is 5.66. The molecule has 0 fully saturated rings. The Labute approximate surface area is 117 Å². The summed E-state index contributed by atoms with van der Waals surface area (Å²) in [5.41, 5.74) is 3.34. The maximum absolute atomic E-state index is 4.32. The maximum atomic E-state index is 4.32. The van der Waals surface area contributed by atoms with Gasteiger partial charge in [0.05, 0.1) is 5.69 Å². The van der Waals surface area contributed by atoms with E-state index >= 15 is 0 Å². The molecule has 0 aliphatic carbocycles. The molecule has 5 heteroatoms. The first-order valence-corrected chi connectivity index (χ1v) is 6.83. The topological polar surface area (TPSA) is 29.9 Å². The minimum Gasteiger partial charge on any atom is -0.380 e. The fraction of sp³-hybridized carbons (Fsp3) is 0.250. The van der Waals surface area contributed by atoms with E-state index in [0.717, 1.165) is 26.9 Å². The number of rotatable bonds is 3. The van der Waals surface area contributed by atoms with Crippen LogP contribution in [0.3, 0.4) is 0 Å². The summed E-state index contributed by atoms with van der Waals surface area (Å²) >= 11 is 6.99. The fourth-order valence-corrected chi connectivity index (χ4v) is 2.39. The molecule has 0 unspecified atom stereocenters. The minimum absolute atomic E-state index is 0.773. The quantitative estimate of drug-likeness (QED) is 0.902. The first kappa shape index (κ1) is 12.6. The van der Waals surface area contributed by atoms with Gasteiger partial charge >= 0.3 is 0 Å². The van der Waals surface area contributed by atoms with Gasteiger partial charge in [0.25, 0.3) is 0 Å². The Morgan fingerprint density at radius 2 is 2.12 bits per heavy atom. The highest BCUT2D eigenvalue weighted by Crippen LogP contribution is 2.26. The molecule has 17 heavy (non-hydrogen) atoms. The molecule has 0 saturated carbocycles. The van der Waals surface area contributed by atoms with Crippen LogP contribution in [0.25, 0.3) is 0 Å². The van der Waals surface area contributed by atoms with Crippen LogP contribution in [0.5, 0.6) is 0 Å². The summed E-state index contributed by atoms with van der Waals surface area (Å²) in [6.45, 7) is 2.79. The number of nitrogens with zero attached hydrogens (tertiary/aromatic N) is 2. The lowest BCUT2D eigenvalue weighted by molar-refractivity contribution is 0.756. The first-order valence-electron chi connectivity index (χ1n) is 5.24. The average molecular weight is 359 g/mol. The van der Waals surface area contributed by atoms with Gasteiger partial charge in [-0.15, -0.1) is 0 Å². The standard InChI is InChI=1S/C12H13Br2N3/c1-8-9(7-17(2)16-8)6-15-12-5-10(13)3-4-11(12)14/h3-5,7,15H,6H2,1-2H3. The molecule has 0 radical (unpaired) electrons. The number of anilines is 1. The van der Waals surface area contributed by atoms with Gasteiger partial charge in [0.2, 0.25) is 0 Å². The minimum atomic E-state index is 0.773. The van der Waals surface area contributed by atoms with Gasteiger partial charge in [-0.25, -0.2) is 0 Å². The Bertz CT molecular complexity index is 535. The maximum Gasteiger partial charge on any atom is 0.0643 e. The Morgan fingerprint density at radius 3 is 2.76 bits per heavy atom. The van der Waals surface area contributed by atoms with Gasteiger partial charge in [-0.1, -0.05) is 15.9 Å². The predicted octanol–water partition coefficient (Wildman–Crippen LogP) is 3.87. The molecule has 0 spiro atoms. The van der Waals surface area contributed by atoms with Crippen LogP contribution in [0, 0.1) is 6.92 Å².